The summed E-state index contributed by atoms with van der Waals surface area (Å²) in [6, 6.07) is 11.6. The standard InChI is InChI=1S/C14H17NO.ClH/c16-14-8-12-6-7-13(9-14)15(12)10-11-4-2-1-3-5-11;/h1-5,12-13H,6-10H2;1H/t12-,13+;. The lowest BCUT2D eigenvalue weighted by atomic mass is 10.0. The van der Waals surface area contributed by atoms with Gasteiger partial charge in [-0.3, -0.25) is 9.69 Å². The fourth-order valence-electron chi connectivity index (χ4n) is 3.11. The molecule has 0 saturated carbocycles. The number of rotatable bonds is 2. The van der Waals surface area contributed by atoms with Crippen molar-refractivity contribution < 1.29 is 4.79 Å². The number of fused-ring (bicyclic) bond motifs is 2. The monoisotopic (exact) mass is 251 g/mol. The smallest absolute Gasteiger partial charge is 0.136 e. The van der Waals surface area contributed by atoms with Gasteiger partial charge >= 0.3 is 0 Å². The molecule has 1 aromatic rings. The van der Waals surface area contributed by atoms with Gasteiger partial charge in [-0.05, 0) is 18.4 Å². The number of carbonyl (C=O) groups excluding carboxylic acids is 1. The summed E-state index contributed by atoms with van der Waals surface area (Å²) in [6.45, 7) is 1.02. The normalized spacial score (nSPS) is 27.9. The Morgan fingerprint density at radius 3 is 2.24 bits per heavy atom. The molecule has 0 aromatic heterocycles. The molecule has 2 aliphatic rings. The van der Waals surface area contributed by atoms with E-state index >= 15 is 0 Å². The maximum atomic E-state index is 11.5. The van der Waals surface area contributed by atoms with Crippen molar-refractivity contribution in [2.45, 2.75) is 44.3 Å². The highest BCUT2D eigenvalue weighted by atomic mass is 35.5. The molecule has 0 radical (unpaired) electrons. The highest BCUT2D eigenvalue weighted by Crippen LogP contribution is 2.34. The van der Waals surface area contributed by atoms with Crippen LogP contribution in [0.5, 0.6) is 0 Å². The quantitative estimate of drug-likeness (QED) is 0.806. The number of carbonyl (C=O) groups is 1. The molecule has 3 rings (SSSR count). The summed E-state index contributed by atoms with van der Waals surface area (Å²) in [5.74, 6) is 0.469. The van der Waals surface area contributed by atoms with Crippen molar-refractivity contribution in [3.63, 3.8) is 0 Å². The van der Waals surface area contributed by atoms with Gasteiger partial charge in [-0.1, -0.05) is 30.3 Å². The van der Waals surface area contributed by atoms with Gasteiger partial charge in [0.1, 0.15) is 5.78 Å². The first-order valence-electron chi connectivity index (χ1n) is 6.14. The third kappa shape index (κ3) is 2.53. The second-order valence-electron chi connectivity index (χ2n) is 4.99. The Labute approximate surface area is 108 Å². The molecule has 0 N–H and O–H groups in total. The molecule has 17 heavy (non-hydrogen) atoms. The van der Waals surface area contributed by atoms with Gasteiger partial charge < -0.3 is 0 Å². The Hall–Kier alpha value is -0.860. The number of ketones is 1. The fourth-order valence-corrected chi connectivity index (χ4v) is 3.11. The molecule has 2 saturated heterocycles. The summed E-state index contributed by atoms with van der Waals surface area (Å²) < 4.78 is 0. The zero-order valence-electron chi connectivity index (χ0n) is 9.84. The number of Topliss-reactive ketones (excluding diaryl/α,β-unsaturated/α-hetero) is 1. The second kappa shape index (κ2) is 5.19. The van der Waals surface area contributed by atoms with Crippen LogP contribution >= 0.6 is 12.4 Å². The topological polar surface area (TPSA) is 20.3 Å². The number of benzene rings is 1. The van der Waals surface area contributed by atoms with Gasteiger partial charge in [0.05, 0.1) is 0 Å². The van der Waals surface area contributed by atoms with Crippen LogP contribution in [0.2, 0.25) is 0 Å². The molecule has 3 heteroatoms. The predicted molar refractivity (Wildman–Crippen MR) is 70.3 cm³/mol. The van der Waals surface area contributed by atoms with Crippen LogP contribution < -0.4 is 0 Å². The lowest BCUT2D eigenvalue weighted by Crippen LogP contribution is -2.42. The van der Waals surface area contributed by atoms with E-state index in [0.29, 0.717) is 17.9 Å². The third-order valence-electron chi connectivity index (χ3n) is 3.91. The summed E-state index contributed by atoms with van der Waals surface area (Å²) in [7, 11) is 0. The first-order valence-corrected chi connectivity index (χ1v) is 6.14. The molecule has 0 unspecified atom stereocenters. The molecule has 2 heterocycles. The predicted octanol–water partition coefficient (Wildman–Crippen LogP) is 2.80. The molecule has 92 valence electrons. The van der Waals surface area contributed by atoms with E-state index in [0.717, 1.165) is 19.4 Å². The molecule has 2 fully saturated rings. The SMILES string of the molecule is Cl.O=C1C[C@H]2CC[C@@H](C1)N2Cc1ccccc1. The van der Waals surface area contributed by atoms with Crippen molar-refractivity contribution in [1.29, 1.82) is 0 Å². The van der Waals surface area contributed by atoms with Gasteiger partial charge in [0.25, 0.3) is 0 Å². The van der Waals surface area contributed by atoms with Crippen molar-refractivity contribution in [2.24, 2.45) is 0 Å². The van der Waals surface area contributed by atoms with E-state index in [-0.39, 0.29) is 12.4 Å². The maximum absolute atomic E-state index is 11.5. The van der Waals surface area contributed by atoms with Crippen LogP contribution in [0.15, 0.2) is 30.3 Å². The van der Waals surface area contributed by atoms with Crippen LogP contribution in [-0.2, 0) is 11.3 Å². The lowest BCUT2D eigenvalue weighted by Gasteiger charge is -2.33. The summed E-state index contributed by atoms with van der Waals surface area (Å²) in [6.07, 6.45) is 3.99. The van der Waals surface area contributed by atoms with Crippen LogP contribution in [0, 0.1) is 0 Å². The second-order valence-corrected chi connectivity index (χ2v) is 4.99. The van der Waals surface area contributed by atoms with Gasteiger partial charge in [-0.2, -0.15) is 0 Å². The van der Waals surface area contributed by atoms with Gasteiger partial charge in [-0.15, -0.1) is 12.4 Å². The average molecular weight is 252 g/mol. The molecule has 2 nitrogen and oxygen atoms in total. The third-order valence-corrected chi connectivity index (χ3v) is 3.91. The van der Waals surface area contributed by atoms with E-state index in [9.17, 15) is 4.79 Å². The highest BCUT2D eigenvalue weighted by Gasteiger charge is 2.39. The first-order chi connectivity index (χ1) is 7.83. The van der Waals surface area contributed by atoms with Gasteiger partial charge in [0, 0.05) is 31.5 Å². The minimum Gasteiger partial charge on any atom is -0.300 e. The Balaban J connectivity index is 0.00000108. The minimum atomic E-state index is 0. The van der Waals surface area contributed by atoms with E-state index in [1.54, 1.807) is 0 Å². The lowest BCUT2D eigenvalue weighted by molar-refractivity contribution is -0.123. The minimum absolute atomic E-state index is 0. The Morgan fingerprint density at radius 1 is 1.06 bits per heavy atom. The van der Waals surface area contributed by atoms with Gasteiger partial charge in [-0.25, -0.2) is 0 Å². The molecular formula is C14H18ClNO. The molecular weight excluding hydrogens is 234 g/mol. The zero-order chi connectivity index (χ0) is 11.0. The Morgan fingerprint density at radius 2 is 1.65 bits per heavy atom. The largest absolute Gasteiger partial charge is 0.300 e. The van der Waals surface area contributed by atoms with E-state index < -0.39 is 0 Å². The molecule has 1 aromatic carbocycles. The highest BCUT2D eigenvalue weighted by molar-refractivity contribution is 5.85. The summed E-state index contributed by atoms with van der Waals surface area (Å²) in [5.41, 5.74) is 1.37. The van der Waals surface area contributed by atoms with Crippen LogP contribution in [0.4, 0.5) is 0 Å². The van der Waals surface area contributed by atoms with Crippen molar-refractivity contribution in [3.8, 4) is 0 Å². The first kappa shape index (κ1) is 12.6. The van der Waals surface area contributed by atoms with E-state index in [1.165, 1.54) is 18.4 Å². The number of nitrogens with zero attached hydrogens (tertiary/aromatic N) is 1. The number of hydrogen-bond donors (Lipinski definition) is 0. The average Bonchev–Trinajstić information content (AvgIpc) is 2.54. The number of piperidine rings is 1. The van der Waals surface area contributed by atoms with Crippen molar-refractivity contribution in [3.05, 3.63) is 35.9 Å². The van der Waals surface area contributed by atoms with E-state index in [4.69, 9.17) is 0 Å². The van der Waals surface area contributed by atoms with Gasteiger partial charge in [0.2, 0.25) is 0 Å². The van der Waals surface area contributed by atoms with Crippen LogP contribution in [0.3, 0.4) is 0 Å². The summed E-state index contributed by atoms with van der Waals surface area (Å²) >= 11 is 0. The molecule has 2 atom stereocenters. The summed E-state index contributed by atoms with van der Waals surface area (Å²) in [4.78, 5) is 14.0. The fraction of sp³-hybridized carbons (Fsp3) is 0.500. The Bertz CT molecular complexity index is 376. The molecule has 2 bridgehead atoms. The van der Waals surface area contributed by atoms with Crippen molar-refractivity contribution >= 4 is 18.2 Å². The van der Waals surface area contributed by atoms with Crippen LogP contribution in [-0.4, -0.2) is 22.8 Å². The van der Waals surface area contributed by atoms with E-state index in [1.807, 2.05) is 0 Å². The zero-order valence-corrected chi connectivity index (χ0v) is 10.7. The van der Waals surface area contributed by atoms with Gasteiger partial charge in [0.15, 0.2) is 0 Å². The van der Waals surface area contributed by atoms with Crippen molar-refractivity contribution in [2.75, 3.05) is 0 Å². The molecule has 2 aliphatic heterocycles. The molecule has 0 aliphatic carbocycles. The van der Waals surface area contributed by atoms with Crippen LogP contribution in [0.25, 0.3) is 0 Å². The van der Waals surface area contributed by atoms with Crippen LogP contribution in [0.1, 0.15) is 31.2 Å². The molecule has 0 spiro atoms. The Kier molecular flexibility index (Phi) is 3.85. The maximum Gasteiger partial charge on any atom is 0.136 e. The van der Waals surface area contributed by atoms with Crippen molar-refractivity contribution in [1.82, 2.24) is 4.90 Å². The summed E-state index contributed by atoms with van der Waals surface area (Å²) in [5, 5.41) is 0. The van der Waals surface area contributed by atoms with E-state index in [2.05, 4.69) is 35.2 Å². The molecule has 0 amide bonds. The number of hydrogen-bond acceptors (Lipinski definition) is 2. The number of halogens is 1.